The topological polar surface area (TPSA) is 64.4 Å². The zero-order valence-electron chi connectivity index (χ0n) is 15.0. The zero-order valence-corrected chi connectivity index (χ0v) is 15.8. The molecule has 27 heavy (non-hydrogen) atoms. The van der Waals surface area contributed by atoms with Crippen LogP contribution in [-0.4, -0.2) is 28.2 Å². The molecule has 0 fully saturated rings. The molecule has 0 aliphatic heterocycles. The summed E-state index contributed by atoms with van der Waals surface area (Å²) in [6.07, 6.45) is 2.37. The van der Waals surface area contributed by atoms with E-state index in [0.717, 1.165) is 11.4 Å². The Balaban J connectivity index is 1.78. The Morgan fingerprint density at radius 3 is 2.81 bits per heavy atom. The fourth-order valence-electron chi connectivity index (χ4n) is 2.45. The van der Waals surface area contributed by atoms with Gasteiger partial charge in [0, 0.05) is 12.0 Å². The highest BCUT2D eigenvalue weighted by molar-refractivity contribution is 7.71. The summed E-state index contributed by atoms with van der Waals surface area (Å²) in [6, 6.07) is 11.9. The molecule has 0 radical (unpaired) electrons. The second-order valence-electron chi connectivity index (χ2n) is 5.65. The lowest BCUT2D eigenvalue weighted by Gasteiger charge is -2.11. The number of nitrogens with one attached hydrogen (secondary N) is 1. The number of ether oxygens (including phenoxy) is 2. The molecule has 0 unspecified atom stereocenters. The van der Waals surface area contributed by atoms with E-state index in [9.17, 15) is 4.39 Å². The molecular formula is C19H19FN4O2S. The molecule has 0 aliphatic carbocycles. The lowest BCUT2D eigenvalue weighted by Crippen LogP contribution is -2.01. The van der Waals surface area contributed by atoms with E-state index < -0.39 is 0 Å². The summed E-state index contributed by atoms with van der Waals surface area (Å²) in [5.41, 5.74) is 1.28. The lowest BCUT2D eigenvalue weighted by atomic mass is 10.2. The van der Waals surface area contributed by atoms with Gasteiger partial charge in [-0.05, 0) is 42.0 Å². The van der Waals surface area contributed by atoms with E-state index in [-0.39, 0.29) is 12.4 Å². The second kappa shape index (κ2) is 8.59. The number of aryl methyl sites for hydroxylation is 1. The first-order valence-electron chi connectivity index (χ1n) is 8.37. The summed E-state index contributed by atoms with van der Waals surface area (Å²) in [4.78, 5) is 0. The third kappa shape index (κ3) is 4.40. The van der Waals surface area contributed by atoms with Crippen LogP contribution in [0.1, 0.15) is 23.9 Å². The molecule has 2 aromatic carbocycles. The van der Waals surface area contributed by atoms with E-state index in [4.69, 9.17) is 21.7 Å². The molecule has 3 aromatic rings. The molecule has 1 N–H and O–H groups in total. The summed E-state index contributed by atoms with van der Waals surface area (Å²) < 4.78 is 26.8. The molecule has 1 heterocycles. The molecule has 0 bridgehead atoms. The van der Waals surface area contributed by atoms with Crippen LogP contribution in [0.15, 0.2) is 47.6 Å². The second-order valence-corrected chi connectivity index (χ2v) is 6.03. The number of hydrogen-bond donors (Lipinski definition) is 1. The highest BCUT2D eigenvalue weighted by atomic mass is 32.1. The number of benzene rings is 2. The van der Waals surface area contributed by atoms with Crippen molar-refractivity contribution < 1.29 is 13.9 Å². The molecule has 140 valence electrons. The van der Waals surface area contributed by atoms with E-state index in [1.165, 1.54) is 6.07 Å². The summed E-state index contributed by atoms with van der Waals surface area (Å²) in [5, 5.41) is 11.2. The third-order valence-corrected chi connectivity index (χ3v) is 4.15. The van der Waals surface area contributed by atoms with Crippen molar-refractivity contribution in [3.8, 4) is 11.5 Å². The molecule has 3 rings (SSSR count). The Morgan fingerprint density at radius 2 is 2.07 bits per heavy atom. The van der Waals surface area contributed by atoms with Gasteiger partial charge in [0.05, 0.1) is 13.3 Å². The SMILES string of the molecule is CCc1n[nH]c(=S)n1/N=C/c1ccc(OCc2ccccc2F)c(OC)c1. The van der Waals surface area contributed by atoms with Crippen molar-refractivity contribution in [2.24, 2.45) is 5.10 Å². The summed E-state index contributed by atoms with van der Waals surface area (Å²) in [6.45, 7) is 2.09. The van der Waals surface area contributed by atoms with Crippen LogP contribution in [0.3, 0.4) is 0 Å². The van der Waals surface area contributed by atoms with Crippen molar-refractivity contribution in [1.29, 1.82) is 0 Å². The maximum atomic E-state index is 13.7. The molecule has 0 atom stereocenters. The van der Waals surface area contributed by atoms with Crippen LogP contribution in [0.5, 0.6) is 11.5 Å². The van der Waals surface area contributed by atoms with Crippen molar-refractivity contribution in [2.75, 3.05) is 7.11 Å². The highest BCUT2D eigenvalue weighted by Crippen LogP contribution is 2.28. The Hall–Kier alpha value is -3.00. The minimum absolute atomic E-state index is 0.112. The number of nitrogens with zero attached hydrogens (tertiary/aromatic N) is 3. The van der Waals surface area contributed by atoms with Crippen LogP contribution >= 0.6 is 12.2 Å². The summed E-state index contributed by atoms with van der Waals surface area (Å²) in [7, 11) is 1.55. The molecule has 0 spiro atoms. The molecule has 8 heteroatoms. The maximum Gasteiger partial charge on any atom is 0.216 e. The fourth-order valence-corrected chi connectivity index (χ4v) is 2.65. The van der Waals surface area contributed by atoms with Gasteiger partial charge in [0.15, 0.2) is 17.3 Å². The van der Waals surface area contributed by atoms with Gasteiger partial charge >= 0.3 is 0 Å². The van der Waals surface area contributed by atoms with Crippen molar-refractivity contribution in [2.45, 2.75) is 20.0 Å². The molecule has 6 nitrogen and oxygen atoms in total. The summed E-state index contributed by atoms with van der Waals surface area (Å²) >= 11 is 5.17. The van der Waals surface area contributed by atoms with Gasteiger partial charge < -0.3 is 9.47 Å². The van der Waals surface area contributed by atoms with Crippen LogP contribution in [0.25, 0.3) is 0 Å². The Labute approximate surface area is 161 Å². The van der Waals surface area contributed by atoms with E-state index in [1.54, 1.807) is 48.3 Å². The van der Waals surface area contributed by atoms with Crippen LogP contribution in [0.2, 0.25) is 0 Å². The fraction of sp³-hybridized carbons (Fsp3) is 0.211. The number of methoxy groups -OCH3 is 1. The Bertz CT molecular complexity index is 1010. The lowest BCUT2D eigenvalue weighted by molar-refractivity contribution is 0.279. The van der Waals surface area contributed by atoms with Crippen molar-refractivity contribution in [3.05, 3.63) is 70.0 Å². The minimum Gasteiger partial charge on any atom is -0.493 e. The van der Waals surface area contributed by atoms with Crippen molar-refractivity contribution >= 4 is 18.4 Å². The van der Waals surface area contributed by atoms with E-state index in [1.807, 2.05) is 13.0 Å². The van der Waals surface area contributed by atoms with Gasteiger partial charge in [0.25, 0.3) is 0 Å². The van der Waals surface area contributed by atoms with Crippen molar-refractivity contribution in [1.82, 2.24) is 14.9 Å². The van der Waals surface area contributed by atoms with E-state index in [0.29, 0.717) is 28.3 Å². The normalized spacial score (nSPS) is 11.1. The Morgan fingerprint density at radius 1 is 1.26 bits per heavy atom. The first-order chi connectivity index (χ1) is 13.1. The van der Waals surface area contributed by atoms with E-state index >= 15 is 0 Å². The van der Waals surface area contributed by atoms with Crippen LogP contribution in [0, 0.1) is 10.6 Å². The number of rotatable bonds is 7. The smallest absolute Gasteiger partial charge is 0.216 e. The first-order valence-corrected chi connectivity index (χ1v) is 8.78. The van der Waals surface area contributed by atoms with Gasteiger partial charge in [-0.3, -0.25) is 5.10 Å². The largest absolute Gasteiger partial charge is 0.493 e. The molecular weight excluding hydrogens is 367 g/mol. The van der Waals surface area contributed by atoms with Gasteiger partial charge in [0.1, 0.15) is 12.4 Å². The number of hydrogen-bond acceptors (Lipinski definition) is 5. The number of H-pyrrole nitrogens is 1. The molecule has 1 aromatic heterocycles. The van der Waals surface area contributed by atoms with Crippen LogP contribution < -0.4 is 9.47 Å². The quantitative estimate of drug-likeness (QED) is 0.490. The minimum atomic E-state index is -0.302. The average Bonchev–Trinajstić information content (AvgIpc) is 3.05. The first kappa shape index (κ1) is 18.8. The standard InChI is InChI=1S/C19H19FN4O2S/c1-3-18-22-23-19(27)24(18)21-11-13-8-9-16(17(10-13)25-2)26-12-14-6-4-5-7-15(14)20/h4-11H,3,12H2,1-2H3,(H,23,27)/b21-11+. The number of halogens is 1. The van der Waals surface area contributed by atoms with Crippen molar-refractivity contribution in [3.63, 3.8) is 0 Å². The predicted molar refractivity (Wildman–Crippen MR) is 104 cm³/mol. The number of aromatic nitrogens is 3. The maximum absolute atomic E-state index is 13.7. The monoisotopic (exact) mass is 386 g/mol. The van der Waals surface area contributed by atoms with Gasteiger partial charge in [-0.15, -0.1) is 0 Å². The predicted octanol–water partition coefficient (Wildman–Crippen LogP) is 4.11. The van der Waals surface area contributed by atoms with Crippen LogP contribution in [-0.2, 0) is 13.0 Å². The Kier molecular flexibility index (Phi) is 5.97. The van der Waals surface area contributed by atoms with Gasteiger partial charge in [-0.1, -0.05) is 25.1 Å². The molecule has 0 saturated carbocycles. The van der Waals surface area contributed by atoms with Crippen LogP contribution in [0.4, 0.5) is 4.39 Å². The average molecular weight is 386 g/mol. The highest BCUT2D eigenvalue weighted by Gasteiger charge is 2.08. The van der Waals surface area contributed by atoms with E-state index in [2.05, 4.69) is 15.3 Å². The van der Waals surface area contributed by atoms with Gasteiger partial charge in [0.2, 0.25) is 4.77 Å². The zero-order chi connectivity index (χ0) is 19.2. The molecule has 0 aliphatic rings. The van der Waals surface area contributed by atoms with Gasteiger partial charge in [-0.2, -0.15) is 14.9 Å². The summed E-state index contributed by atoms with van der Waals surface area (Å²) in [5.74, 6) is 1.49. The van der Waals surface area contributed by atoms with Gasteiger partial charge in [-0.25, -0.2) is 4.39 Å². The molecule has 0 amide bonds. The third-order valence-electron chi connectivity index (χ3n) is 3.88. The molecule has 0 saturated heterocycles. The number of aromatic amines is 1.